The van der Waals surface area contributed by atoms with Crippen molar-refractivity contribution in [1.82, 2.24) is 4.72 Å². The van der Waals surface area contributed by atoms with E-state index in [1.54, 1.807) is 31.2 Å². The van der Waals surface area contributed by atoms with Gasteiger partial charge in [0, 0.05) is 0 Å². The summed E-state index contributed by atoms with van der Waals surface area (Å²) in [4.78, 5) is 0.274. The minimum absolute atomic E-state index is 0.114. The Kier molecular flexibility index (Phi) is 3.30. The van der Waals surface area contributed by atoms with Crippen LogP contribution in [-0.4, -0.2) is 14.4 Å². The molecular weight excluding hydrogens is 210 g/mol. The van der Waals surface area contributed by atoms with Crippen molar-refractivity contribution in [3.8, 4) is 0 Å². The second-order valence-electron chi connectivity index (χ2n) is 2.55. The number of hydrogen-bond donors (Lipinski definition) is 1. The number of hydrogen-bond acceptors (Lipinski definition) is 2. The molecule has 13 heavy (non-hydrogen) atoms. The highest BCUT2D eigenvalue weighted by Gasteiger charge is 2.14. The van der Waals surface area contributed by atoms with E-state index in [4.69, 9.17) is 11.6 Å². The summed E-state index contributed by atoms with van der Waals surface area (Å²) < 4.78 is 25.1. The molecule has 1 rings (SSSR count). The molecule has 0 aliphatic rings. The van der Waals surface area contributed by atoms with E-state index in [1.165, 1.54) is 0 Å². The summed E-state index contributed by atoms with van der Waals surface area (Å²) in [5.41, 5.74) is 0.708. The van der Waals surface area contributed by atoms with Crippen molar-refractivity contribution in [1.29, 1.82) is 0 Å². The van der Waals surface area contributed by atoms with Crippen LogP contribution in [0.15, 0.2) is 29.2 Å². The number of alkyl halides is 1. The smallest absolute Gasteiger partial charge is 0.207 e. The van der Waals surface area contributed by atoms with Gasteiger partial charge in [-0.15, -0.1) is 11.6 Å². The fraction of sp³-hybridized carbons (Fsp3) is 0.250. The van der Waals surface area contributed by atoms with Crippen LogP contribution in [0.5, 0.6) is 0 Å². The first-order chi connectivity index (χ1) is 6.08. The molecule has 0 saturated carbocycles. The minimum atomic E-state index is -3.42. The van der Waals surface area contributed by atoms with E-state index in [0.29, 0.717) is 5.56 Å². The van der Waals surface area contributed by atoms with Crippen molar-refractivity contribution in [2.75, 3.05) is 6.00 Å². The number of sulfonamides is 1. The van der Waals surface area contributed by atoms with Crippen molar-refractivity contribution in [3.63, 3.8) is 0 Å². The molecule has 0 aliphatic carbocycles. The Morgan fingerprint density at radius 2 is 2.00 bits per heavy atom. The second-order valence-corrected chi connectivity index (χ2v) is 4.55. The Bertz CT molecular complexity index is 389. The molecule has 0 spiro atoms. The highest BCUT2D eigenvalue weighted by Crippen LogP contribution is 2.13. The molecule has 0 aromatic heterocycles. The topological polar surface area (TPSA) is 46.2 Å². The maximum Gasteiger partial charge on any atom is 0.241 e. The quantitative estimate of drug-likeness (QED) is 0.618. The highest BCUT2D eigenvalue weighted by atomic mass is 35.5. The summed E-state index contributed by atoms with van der Waals surface area (Å²) in [5, 5.41) is 0. The fourth-order valence-corrected chi connectivity index (χ4v) is 2.49. The molecule has 3 nitrogen and oxygen atoms in total. The summed E-state index contributed by atoms with van der Waals surface area (Å²) in [6.07, 6.45) is 0. The van der Waals surface area contributed by atoms with Gasteiger partial charge in [-0.2, -0.15) is 4.72 Å². The Hall–Kier alpha value is -0.580. The van der Waals surface area contributed by atoms with E-state index in [1.807, 2.05) is 0 Å². The molecule has 72 valence electrons. The van der Waals surface area contributed by atoms with Gasteiger partial charge in [0.1, 0.15) is 0 Å². The molecule has 0 fully saturated rings. The summed E-state index contributed by atoms with van der Waals surface area (Å²) in [5.74, 6) is 0. The molecule has 0 amide bonds. The van der Waals surface area contributed by atoms with E-state index < -0.39 is 10.0 Å². The lowest BCUT2D eigenvalue weighted by molar-refractivity contribution is 0.586. The Morgan fingerprint density at radius 3 is 2.54 bits per heavy atom. The van der Waals surface area contributed by atoms with E-state index in [9.17, 15) is 8.42 Å². The summed E-state index contributed by atoms with van der Waals surface area (Å²) in [6, 6.07) is 6.63. The third-order valence-corrected chi connectivity index (χ3v) is 3.48. The first kappa shape index (κ1) is 10.5. The van der Waals surface area contributed by atoms with Gasteiger partial charge in [0.05, 0.1) is 10.9 Å². The van der Waals surface area contributed by atoms with E-state index in [2.05, 4.69) is 4.72 Å². The van der Waals surface area contributed by atoms with Crippen LogP contribution in [0.3, 0.4) is 0 Å². The van der Waals surface area contributed by atoms with Gasteiger partial charge in [-0.25, -0.2) is 8.42 Å². The molecule has 1 aromatic rings. The van der Waals surface area contributed by atoms with Gasteiger partial charge in [-0.05, 0) is 18.6 Å². The predicted octanol–water partition coefficient (Wildman–Crippen LogP) is 1.47. The summed E-state index contributed by atoms with van der Waals surface area (Å²) in [6.45, 7) is 1.74. The zero-order valence-electron chi connectivity index (χ0n) is 7.12. The van der Waals surface area contributed by atoms with Gasteiger partial charge in [0.25, 0.3) is 0 Å². The zero-order chi connectivity index (χ0) is 9.90. The SMILES string of the molecule is Cc1ccccc1S(=O)(=O)NCCl. The molecule has 0 saturated heterocycles. The minimum Gasteiger partial charge on any atom is -0.207 e. The van der Waals surface area contributed by atoms with Crippen LogP contribution in [0.1, 0.15) is 5.56 Å². The molecule has 5 heteroatoms. The lowest BCUT2D eigenvalue weighted by Crippen LogP contribution is -2.22. The maximum atomic E-state index is 11.5. The zero-order valence-corrected chi connectivity index (χ0v) is 8.69. The van der Waals surface area contributed by atoms with Crippen LogP contribution in [0.25, 0.3) is 0 Å². The van der Waals surface area contributed by atoms with Crippen LogP contribution < -0.4 is 4.72 Å². The molecule has 0 unspecified atom stereocenters. The van der Waals surface area contributed by atoms with Gasteiger partial charge in [0.2, 0.25) is 10.0 Å². The van der Waals surface area contributed by atoms with Gasteiger partial charge in [-0.1, -0.05) is 18.2 Å². The molecular formula is C8H10ClNO2S. The number of halogens is 1. The van der Waals surface area contributed by atoms with Crippen molar-refractivity contribution < 1.29 is 8.42 Å². The Labute approximate surface area is 82.8 Å². The largest absolute Gasteiger partial charge is 0.241 e. The molecule has 0 atom stereocenters. The van der Waals surface area contributed by atoms with E-state index in [0.717, 1.165) is 0 Å². The highest BCUT2D eigenvalue weighted by molar-refractivity contribution is 7.89. The van der Waals surface area contributed by atoms with Crippen LogP contribution in [0.2, 0.25) is 0 Å². The Balaban J connectivity index is 3.15. The van der Waals surface area contributed by atoms with Crippen molar-refractivity contribution in [2.45, 2.75) is 11.8 Å². The van der Waals surface area contributed by atoms with Gasteiger partial charge in [0.15, 0.2) is 0 Å². The van der Waals surface area contributed by atoms with Crippen LogP contribution in [-0.2, 0) is 10.0 Å². The molecule has 1 aromatic carbocycles. The molecule has 0 radical (unpaired) electrons. The predicted molar refractivity (Wildman–Crippen MR) is 52.2 cm³/mol. The molecule has 0 bridgehead atoms. The van der Waals surface area contributed by atoms with Gasteiger partial charge in [-0.3, -0.25) is 0 Å². The van der Waals surface area contributed by atoms with E-state index >= 15 is 0 Å². The number of nitrogens with one attached hydrogen (secondary N) is 1. The summed E-state index contributed by atoms with van der Waals surface area (Å²) >= 11 is 5.30. The van der Waals surface area contributed by atoms with Crippen LogP contribution in [0.4, 0.5) is 0 Å². The average Bonchev–Trinajstić information content (AvgIpc) is 2.04. The number of benzene rings is 1. The molecule has 1 N–H and O–H groups in total. The first-order valence-corrected chi connectivity index (χ1v) is 5.71. The van der Waals surface area contributed by atoms with Gasteiger partial charge >= 0.3 is 0 Å². The maximum absolute atomic E-state index is 11.5. The van der Waals surface area contributed by atoms with E-state index in [-0.39, 0.29) is 10.9 Å². The lowest BCUT2D eigenvalue weighted by atomic mass is 10.2. The van der Waals surface area contributed by atoms with Crippen molar-refractivity contribution in [3.05, 3.63) is 29.8 Å². The van der Waals surface area contributed by atoms with Crippen LogP contribution >= 0.6 is 11.6 Å². The monoisotopic (exact) mass is 219 g/mol. The standard InChI is InChI=1S/C8H10ClNO2S/c1-7-4-2-3-5-8(7)13(11,12)10-6-9/h2-5,10H,6H2,1H3. The Morgan fingerprint density at radius 1 is 1.38 bits per heavy atom. The van der Waals surface area contributed by atoms with Crippen LogP contribution in [0, 0.1) is 6.92 Å². The van der Waals surface area contributed by atoms with Crippen molar-refractivity contribution >= 4 is 21.6 Å². The molecule has 0 heterocycles. The third-order valence-electron chi connectivity index (χ3n) is 1.63. The lowest BCUT2D eigenvalue weighted by Gasteiger charge is -2.05. The van der Waals surface area contributed by atoms with Crippen molar-refractivity contribution in [2.24, 2.45) is 0 Å². The normalized spacial score (nSPS) is 11.5. The molecule has 0 aliphatic heterocycles. The third kappa shape index (κ3) is 2.43. The number of aryl methyl sites for hydroxylation is 1. The average molecular weight is 220 g/mol. The second kappa shape index (κ2) is 4.09. The summed E-state index contributed by atoms with van der Waals surface area (Å²) in [7, 11) is -3.42. The van der Waals surface area contributed by atoms with Gasteiger partial charge < -0.3 is 0 Å². The number of rotatable bonds is 3. The first-order valence-electron chi connectivity index (χ1n) is 3.69. The fourth-order valence-electron chi connectivity index (χ4n) is 1.01.